The Morgan fingerprint density at radius 3 is 2.57 bits per heavy atom. The van der Waals surface area contributed by atoms with Crippen LogP contribution in [0, 0.1) is 0 Å². The van der Waals surface area contributed by atoms with Gasteiger partial charge in [-0.2, -0.15) is 5.10 Å². The number of aliphatic hydroxyl groups is 1. The lowest BCUT2D eigenvalue weighted by molar-refractivity contribution is 0.0577. The number of anilines is 1. The fraction of sp³-hybridized carbons (Fsp3) is 0.462. The molecular formula is C26H31N5O4. The zero-order valence-corrected chi connectivity index (χ0v) is 20.6. The van der Waals surface area contributed by atoms with Crippen LogP contribution in [0.3, 0.4) is 0 Å². The van der Waals surface area contributed by atoms with Gasteiger partial charge in [0.15, 0.2) is 0 Å². The van der Waals surface area contributed by atoms with Crippen LogP contribution in [0.4, 0.5) is 10.5 Å². The molecule has 1 aliphatic heterocycles. The highest BCUT2D eigenvalue weighted by atomic mass is 16.5. The number of benzene rings is 1. The molecule has 1 fully saturated rings. The largest absolute Gasteiger partial charge is 0.452 e. The second-order valence-electron chi connectivity index (χ2n) is 10.1. The molecule has 1 atom stereocenters. The van der Waals surface area contributed by atoms with Crippen molar-refractivity contribution in [2.75, 3.05) is 12.0 Å². The molecule has 1 saturated carbocycles. The number of ether oxygens (including phenoxy) is 2. The molecule has 184 valence electrons. The predicted molar refractivity (Wildman–Crippen MR) is 131 cm³/mol. The molecule has 1 amide bonds. The second-order valence-corrected chi connectivity index (χ2v) is 10.1. The predicted octanol–water partition coefficient (Wildman–Crippen LogP) is 4.69. The molecule has 1 N–H and O–H groups in total. The Labute approximate surface area is 204 Å². The molecule has 0 bridgehead atoms. The van der Waals surface area contributed by atoms with Crippen molar-refractivity contribution in [1.29, 1.82) is 0 Å². The van der Waals surface area contributed by atoms with Gasteiger partial charge in [-0.05, 0) is 70.1 Å². The van der Waals surface area contributed by atoms with Crippen LogP contribution < -0.4 is 9.64 Å². The third kappa shape index (κ3) is 4.86. The van der Waals surface area contributed by atoms with Crippen LogP contribution in [0.2, 0.25) is 0 Å². The van der Waals surface area contributed by atoms with E-state index in [1.165, 1.54) is 20.0 Å². The molecule has 35 heavy (non-hydrogen) atoms. The van der Waals surface area contributed by atoms with Gasteiger partial charge in [-0.15, -0.1) is 0 Å². The lowest BCUT2D eigenvalue weighted by Gasteiger charge is -2.35. The minimum absolute atomic E-state index is 0.00254. The molecule has 3 heterocycles. The number of amides is 1. The maximum absolute atomic E-state index is 12.6. The van der Waals surface area contributed by atoms with Crippen molar-refractivity contribution >= 4 is 11.8 Å². The van der Waals surface area contributed by atoms with Crippen molar-refractivity contribution in [3.8, 4) is 22.9 Å². The summed E-state index contributed by atoms with van der Waals surface area (Å²) in [6, 6.07) is 4.11. The maximum Gasteiger partial charge on any atom is 0.414 e. The van der Waals surface area contributed by atoms with Gasteiger partial charge in [0.05, 0.1) is 31.1 Å². The molecule has 1 aromatic carbocycles. The lowest BCUT2D eigenvalue weighted by atomic mass is 9.92. The Balaban J connectivity index is 1.58. The summed E-state index contributed by atoms with van der Waals surface area (Å²) in [7, 11) is 1.39. The van der Waals surface area contributed by atoms with Crippen LogP contribution in [-0.4, -0.2) is 49.7 Å². The zero-order chi connectivity index (χ0) is 24.7. The first-order valence-corrected chi connectivity index (χ1v) is 12.0. The zero-order valence-electron chi connectivity index (χ0n) is 20.6. The number of aromatic nitrogens is 4. The van der Waals surface area contributed by atoms with E-state index in [4.69, 9.17) is 9.47 Å². The summed E-state index contributed by atoms with van der Waals surface area (Å²) in [5.41, 5.74) is 3.55. The average Bonchev–Trinajstić information content (AvgIpc) is 3.57. The summed E-state index contributed by atoms with van der Waals surface area (Å²) in [4.78, 5) is 23.2. The molecule has 1 aliphatic carbocycles. The smallest absolute Gasteiger partial charge is 0.414 e. The van der Waals surface area contributed by atoms with Gasteiger partial charge in [-0.25, -0.2) is 14.8 Å². The Hall–Kier alpha value is -3.46. The van der Waals surface area contributed by atoms with Crippen LogP contribution in [0.1, 0.15) is 57.1 Å². The molecule has 9 heteroatoms. The fourth-order valence-electron chi connectivity index (χ4n) is 4.61. The highest BCUT2D eigenvalue weighted by molar-refractivity contribution is 5.92. The summed E-state index contributed by atoms with van der Waals surface area (Å²) >= 11 is 0. The van der Waals surface area contributed by atoms with Crippen molar-refractivity contribution in [3.05, 3.63) is 48.0 Å². The van der Waals surface area contributed by atoms with Gasteiger partial charge >= 0.3 is 12.1 Å². The van der Waals surface area contributed by atoms with E-state index in [-0.39, 0.29) is 12.1 Å². The second kappa shape index (κ2) is 8.96. The minimum Gasteiger partial charge on any atom is -0.452 e. The van der Waals surface area contributed by atoms with E-state index in [0.717, 1.165) is 40.8 Å². The maximum atomic E-state index is 12.6. The Morgan fingerprint density at radius 2 is 1.91 bits per heavy atom. The Bertz CT molecular complexity index is 1230. The van der Waals surface area contributed by atoms with Crippen molar-refractivity contribution in [2.24, 2.45) is 0 Å². The number of fused-ring (bicyclic) bond motifs is 1. The molecule has 3 aromatic rings. The highest BCUT2D eigenvalue weighted by Crippen LogP contribution is 2.45. The fourth-order valence-corrected chi connectivity index (χ4v) is 4.61. The molecule has 5 rings (SSSR count). The average molecular weight is 478 g/mol. The normalized spacial score (nSPS) is 17.7. The van der Waals surface area contributed by atoms with E-state index >= 15 is 0 Å². The van der Waals surface area contributed by atoms with E-state index in [1.807, 2.05) is 37.6 Å². The SMILES string of the molecule is COC(=O)N1c2ccc(-c3cnn(CC(C)(C)O)c3)c(Oc3ncc(C4CC4)cn3)c2CC[C@@H]1C. The van der Waals surface area contributed by atoms with Crippen LogP contribution in [0.15, 0.2) is 36.9 Å². The Morgan fingerprint density at radius 1 is 1.17 bits per heavy atom. The molecule has 0 saturated heterocycles. The Kier molecular flexibility index (Phi) is 5.96. The summed E-state index contributed by atoms with van der Waals surface area (Å²) in [5, 5.41) is 14.6. The van der Waals surface area contributed by atoms with E-state index in [1.54, 1.807) is 29.6 Å². The van der Waals surface area contributed by atoms with Crippen molar-refractivity contribution in [3.63, 3.8) is 0 Å². The number of carbonyl (C=O) groups excluding carboxylic acids is 1. The van der Waals surface area contributed by atoms with Crippen molar-refractivity contribution < 1.29 is 19.4 Å². The number of methoxy groups -OCH3 is 1. The molecule has 9 nitrogen and oxygen atoms in total. The van der Waals surface area contributed by atoms with Gasteiger partial charge in [0, 0.05) is 41.3 Å². The number of rotatable bonds is 6. The number of nitrogens with zero attached hydrogens (tertiary/aromatic N) is 5. The van der Waals surface area contributed by atoms with E-state index in [2.05, 4.69) is 15.1 Å². The molecule has 2 aliphatic rings. The first-order valence-electron chi connectivity index (χ1n) is 12.0. The third-order valence-electron chi connectivity index (χ3n) is 6.50. The monoisotopic (exact) mass is 477 g/mol. The van der Waals surface area contributed by atoms with Crippen molar-refractivity contribution in [2.45, 2.75) is 70.6 Å². The van der Waals surface area contributed by atoms with Crippen LogP contribution in [-0.2, 0) is 17.7 Å². The standard InChI is InChI=1S/C26H31N5O4/c1-16-5-8-21-22(31(16)25(32)34-4)10-9-20(19-13-29-30(14-19)15-26(2,3)33)23(21)35-24-27-11-18(12-28-24)17-6-7-17/h9-14,16-17,33H,5-8,15H2,1-4H3/t16-/m0/s1. The molecule has 2 aromatic heterocycles. The van der Waals surface area contributed by atoms with Gasteiger partial charge in [-0.3, -0.25) is 9.58 Å². The quantitative estimate of drug-likeness (QED) is 0.549. The topological polar surface area (TPSA) is 103 Å². The number of hydrogen-bond donors (Lipinski definition) is 1. The highest BCUT2D eigenvalue weighted by Gasteiger charge is 2.33. The molecule has 0 spiro atoms. The molecule has 0 unspecified atom stereocenters. The van der Waals surface area contributed by atoms with E-state index in [9.17, 15) is 9.90 Å². The third-order valence-corrected chi connectivity index (χ3v) is 6.50. The summed E-state index contributed by atoms with van der Waals surface area (Å²) in [6.45, 7) is 5.85. The first kappa shape index (κ1) is 23.3. The number of hydrogen-bond acceptors (Lipinski definition) is 7. The molecular weight excluding hydrogens is 446 g/mol. The molecule has 0 radical (unpaired) electrons. The van der Waals surface area contributed by atoms with E-state index < -0.39 is 11.7 Å². The van der Waals surface area contributed by atoms with Gasteiger partial charge in [-0.1, -0.05) is 0 Å². The number of carbonyl (C=O) groups is 1. The van der Waals surface area contributed by atoms with Gasteiger partial charge in [0.25, 0.3) is 0 Å². The first-order chi connectivity index (χ1) is 16.7. The van der Waals surface area contributed by atoms with E-state index in [0.29, 0.717) is 18.2 Å². The van der Waals surface area contributed by atoms with Crippen LogP contribution >= 0.6 is 0 Å². The summed E-state index contributed by atoms with van der Waals surface area (Å²) in [5.74, 6) is 1.16. The minimum atomic E-state index is -0.896. The lowest BCUT2D eigenvalue weighted by Crippen LogP contribution is -2.42. The summed E-state index contributed by atoms with van der Waals surface area (Å²) in [6.07, 6.45) is 10.7. The van der Waals surface area contributed by atoms with Gasteiger partial charge < -0.3 is 14.6 Å². The van der Waals surface area contributed by atoms with Gasteiger partial charge in [0.2, 0.25) is 0 Å². The summed E-state index contributed by atoms with van der Waals surface area (Å²) < 4.78 is 13.1. The van der Waals surface area contributed by atoms with Crippen LogP contribution in [0.25, 0.3) is 11.1 Å². The van der Waals surface area contributed by atoms with Gasteiger partial charge in [0.1, 0.15) is 5.75 Å². The van der Waals surface area contributed by atoms with Crippen LogP contribution in [0.5, 0.6) is 11.8 Å². The van der Waals surface area contributed by atoms with Crippen molar-refractivity contribution in [1.82, 2.24) is 19.7 Å².